The Bertz CT molecular complexity index is 342. The summed E-state index contributed by atoms with van der Waals surface area (Å²) in [5, 5.41) is 0. The van der Waals surface area contributed by atoms with Gasteiger partial charge in [-0.2, -0.15) is 0 Å². The Kier molecular flexibility index (Phi) is 14.8. The number of unbranched alkanes of at least 4 members (excludes halogenated alkanes) is 5. The topological polar surface area (TPSA) is 54.0 Å². The van der Waals surface area contributed by atoms with Crippen molar-refractivity contribution < 1.29 is 23.7 Å². The minimum atomic E-state index is -1.03. The van der Waals surface area contributed by atoms with Crippen molar-refractivity contribution in [3.63, 3.8) is 0 Å². The van der Waals surface area contributed by atoms with E-state index in [4.69, 9.17) is 18.9 Å². The first-order valence-corrected chi connectivity index (χ1v) is 9.55. The van der Waals surface area contributed by atoms with Gasteiger partial charge in [-0.1, -0.05) is 51.5 Å². The summed E-state index contributed by atoms with van der Waals surface area (Å²) in [5.74, 6) is -1.23. The number of carbonyl (C=O) groups excluding carboxylic acids is 1. The minimum Gasteiger partial charge on any atom is -0.463 e. The van der Waals surface area contributed by atoms with E-state index in [1.165, 1.54) is 38.2 Å². The van der Waals surface area contributed by atoms with E-state index in [2.05, 4.69) is 6.92 Å². The van der Waals surface area contributed by atoms with E-state index >= 15 is 0 Å². The maximum absolute atomic E-state index is 11.4. The van der Waals surface area contributed by atoms with Gasteiger partial charge in [0.2, 0.25) is 0 Å². The first kappa shape index (κ1) is 24.1. The third-order valence-corrected chi connectivity index (χ3v) is 4.50. The highest BCUT2D eigenvalue weighted by Gasteiger charge is 2.39. The lowest BCUT2D eigenvalue weighted by Gasteiger charge is -2.36. The van der Waals surface area contributed by atoms with Gasteiger partial charge in [-0.15, -0.1) is 0 Å². The number of ether oxygens (including phenoxy) is 4. The zero-order valence-corrected chi connectivity index (χ0v) is 16.8. The maximum atomic E-state index is 11.4. The second-order valence-electron chi connectivity index (χ2n) is 6.28. The maximum Gasteiger partial charge on any atom is 0.330 e. The number of allylic oxidation sites excluding steroid dienone is 1. The largest absolute Gasteiger partial charge is 0.463 e. The van der Waals surface area contributed by atoms with E-state index in [1.54, 1.807) is 34.3 Å². The summed E-state index contributed by atoms with van der Waals surface area (Å²) in [7, 11) is 4.81. The standard InChI is InChI=1S/C20H38O5/c1-6-8-9-10-11-12-15-18(20(22-3,23-4)24-5)16-13-17-25-19(21)14-7-2/h7,14,18H,6,8-13,15-17H2,1-5H3. The highest BCUT2D eigenvalue weighted by atomic mass is 16.9. The molecule has 0 N–H and O–H groups in total. The first-order valence-electron chi connectivity index (χ1n) is 9.55. The van der Waals surface area contributed by atoms with Crippen LogP contribution in [0.15, 0.2) is 12.2 Å². The fraction of sp³-hybridized carbons (Fsp3) is 0.850. The fourth-order valence-corrected chi connectivity index (χ4v) is 3.11. The van der Waals surface area contributed by atoms with E-state index in [-0.39, 0.29) is 11.9 Å². The van der Waals surface area contributed by atoms with Gasteiger partial charge in [0.25, 0.3) is 5.97 Å². The highest BCUT2D eigenvalue weighted by molar-refractivity contribution is 5.81. The molecule has 0 aromatic rings. The number of rotatable bonds is 16. The molecule has 0 bridgehead atoms. The molecule has 0 saturated carbocycles. The Morgan fingerprint density at radius 1 is 0.920 bits per heavy atom. The molecule has 0 spiro atoms. The number of hydrogen-bond acceptors (Lipinski definition) is 5. The number of hydrogen-bond donors (Lipinski definition) is 0. The Balaban J connectivity index is 4.45. The second-order valence-corrected chi connectivity index (χ2v) is 6.28. The molecule has 0 amide bonds. The summed E-state index contributed by atoms with van der Waals surface area (Å²) in [5.41, 5.74) is 0. The molecule has 0 aromatic heterocycles. The summed E-state index contributed by atoms with van der Waals surface area (Å²) >= 11 is 0. The molecule has 0 heterocycles. The first-order chi connectivity index (χ1) is 12.1. The lowest BCUT2D eigenvalue weighted by molar-refractivity contribution is -0.380. The van der Waals surface area contributed by atoms with Crippen LogP contribution >= 0.6 is 0 Å². The van der Waals surface area contributed by atoms with Crippen molar-refractivity contribution in [2.75, 3.05) is 27.9 Å². The smallest absolute Gasteiger partial charge is 0.330 e. The van der Waals surface area contributed by atoms with Crippen LogP contribution in [0.2, 0.25) is 0 Å². The van der Waals surface area contributed by atoms with Crippen LogP contribution in [0.1, 0.15) is 71.6 Å². The molecule has 25 heavy (non-hydrogen) atoms. The Hall–Kier alpha value is -0.910. The van der Waals surface area contributed by atoms with Crippen molar-refractivity contribution in [2.24, 2.45) is 5.92 Å². The minimum absolute atomic E-state index is 0.0964. The molecular formula is C20H38O5. The third kappa shape index (κ3) is 9.97. The molecule has 0 saturated heterocycles. The van der Waals surface area contributed by atoms with Gasteiger partial charge in [0, 0.05) is 33.3 Å². The highest BCUT2D eigenvalue weighted by Crippen LogP contribution is 2.32. The summed E-state index contributed by atoms with van der Waals surface area (Å²) in [6, 6.07) is 0. The predicted octanol–water partition coefficient (Wildman–Crippen LogP) is 4.85. The average Bonchev–Trinajstić information content (AvgIpc) is 2.62. The third-order valence-electron chi connectivity index (χ3n) is 4.50. The van der Waals surface area contributed by atoms with E-state index in [1.807, 2.05) is 0 Å². The summed E-state index contributed by atoms with van der Waals surface area (Å²) in [6.45, 7) is 4.41. The van der Waals surface area contributed by atoms with Gasteiger partial charge >= 0.3 is 5.97 Å². The molecule has 0 fully saturated rings. The predicted molar refractivity (Wildman–Crippen MR) is 100 cm³/mol. The van der Waals surface area contributed by atoms with Gasteiger partial charge in [0.15, 0.2) is 0 Å². The van der Waals surface area contributed by atoms with Crippen molar-refractivity contribution in [3.05, 3.63) is 12.2 Å². The monoisotopic (exact) mass is 358 g/mol. The average molecular weight is 359 g/mol. The van der Waals surface area contributed by atoms with Crippen LogP contribution in [0, 0.1) is 5.92 Å². The van der Waals surface area contributed by atoms with Gasteiger partial charge in [-0.05, 0) is 26.2 Å². The lowest BCUT2D eigenvalue weighted by Crippen LogP contribution is -2.44. The van der Waals surface area contributed by atoms with Crippen molar-refractivity contribution in [3.8, 4) is 0 Å². The lowest BCUT2D eigenvalue weighted by atomic mass is 9.93. The Morgan fingerprint density at radius 2 is 1.48 bits per heavy atom. The zero-order chi connectivity index (χ0) is 19.0. The van der Waals surface area contributed by atoms with Gasteiger partial charge in [0.1, 0.15) is 0 Å². The quantitative estimate of drug-likeness (QED) is 0.171. The van der Waals surface area contributed by atoms with Crippen LogP contribution in [-0.4, -0.2) is 39.9 Å². The van der Waals surface area contributed by atoms with Crippen molar-refractivity contribution in [1.82, 2.24) is 0 Å². The molecule has 0 aliphatic carbocycles. The molecule has 0 aliphatic heterocycles. The van der Waals surface area contributed by atoms with Gasteiger partial charge in [0.05, 0.1) is 6.61 Å². The van der Waals surface area contributed by atoms with Crippen LogP contribution in [0.3, 0.4) is 0 Å². The van der Waals surface area contributed by atoms with Crippen LogP contribution in [0.25, 0.3) is 0 Å². The van der Waals surface area contributed by atoms with Crippen molar-refractivity contribution >= 4 is 5.97 Å². The molecular weight excluding hydrogens is 320 g/mol. The Morgan fingerprint density at radius 3 is 2.04 bits per heavy atom. The SMILES string of the molecule is CC=CC(=O)OCCCC(CCCCCCCC)C(OC)(OC)OC. The van der Waals surface area contributed by atoms with Crippen molar-refractivity contribution in [1.29, 1.82) is 0 Å². The van der Waals surface area contributed by atoms with Crippen LogP contribution < -0.4 is 0 Å². The second kappa shape index (κ2) is 15.4. The summed E-state index contributed by atoms with van der Waals surface area (Å²) in [6.07, 6.45) is 13.1. The summed E-state index contributed by atoms with van der Waals surface area (Å²) in [4.78, 5) is 11.4. The normalized spacial score (nSPS) is 13.3. The molecule has 148 valence electrons. The molecule has 5 nitrogen and oxygen atoms in total. The molecule has 5 heteroatoms. The zero-order valence-electron chi connectivity index (χ0n) is 16.8. The van der Waals surface area contributed by atoms with E-state index in [9.17, 15) is 4.79 Å². The van der Waals surface area contributed by atoms with Gasteiger partial charge in [-0.3, -0.25) is 0 Å². The number of esters is 1. The van der Waals surface area contributed by atoms with Gasteiger partial charge < -0.3 is 18.9 Å². The molecule has 0 rings (SSSR count). The van der Waals surface area contributed by atoms with E-state index in [0.29, 0.717) is 6.61 Å². The molecule has 0 radical (unpaired) electrons. The van der Waals surface area contributed by atoms with Gasteiger partial charge in [-0.25, -0.2) is 4.79 Å². The van der Waals surface area contributed by atoms with Crippen LogP contribution in [0.5, 0.6) is 0 Å². The summed E-state index contributed by atoms with van der Waals surface area (Å²) < 4.78 is 21.8. The fourth-order valence-electron chi connectivity index (χ4n) is 3.11. The van der Waals surface area contributed by atoms with E-state index < -0.39 is 5.97 Å². The molecule has 1 unspecified atom stereocenters. The van der Waals surface area contributed by atoms with Crippen LogP contribution in [-0.2, 0) is 23.7 Å². The van der Waals surface area contributed by atoms with Crippen molar-refractivity contribution in [2.45, 2.75) is 77.6 Å². The number of carbonyl (C=O) groups is 1. The molecule has 0 aromatic carbocycles. The van der Waals surface area contributed by atoms with Crippen LogP contribution in [0.4, 0.5) is 0 Å². The number of methoxy groups -OCH3 is 3. The molecule has 0 aliphatic rings. The molecule has 1 atom stereocenters. The van der Waals surface area contributed by atoms with E-state index in [0.717, 1.165) is 25.7 Å². The Labute approximate surface area is 154 Å².